The van der Waals surface area contributed by atoms with Gasteiger partial charge in [-0.05, 0) is 12.1 Å². The molecular weight excluding hydrogens is 156 g/mol. The predicted molar refractivity (Wildman–Crippen MR) is 42.8 cm³/mol. The van der Waals surface area contributed by atoms with Crippen molar-refractivity contribution >= 4 is 12.0 Å². The maximum Gasteiger partial charge on any atom is 0.379 e. The summed E-state index contributed by atoms with van der Waals surface area (Å²) in [4.78, 5) is 10.0. The zero-order valence-corrected chi connectivity index (χ0v) is 6.23. The third kappa shape index (κ3) is 2.12. The van der Waals surface area contributed by atoms with E-state index in [-0.39, 0.29) is 5.75 Å². The van der Waals surface area contributed by atoms with Gasteiger partial charge in [0.25, 0.3) is 0 Å². The van der Waals surface area contributed by atoms with Crippen molar-refractivity contribution in [3.05, 3.63) is 35.9 Å². The normalized spacial score (nSPS) is 10.3. The first-order valence-corrected chi connectivity index (χ1v) is 3.37. The number of hydrogen-bond donors (Lipinski definition) is 1. The first kappa shape index (κ1) is 8.33. The molecule has 0 heterocycles. The Balaban J connectivity index is 2.89. The van der Waals surface area contributed by atoms with E-state index >= 15 is 0 Å². The molecule has 3 heteroatoms. The average molecular weight is 163 g/mol. The van der Waals surface area contributed by atoms with Gasteiger partial charge >= 0.3 is 5.97 Å². The summed E-state index contributed by atoms with van der Waals surface area (Å²) in [7, 11) is 0. The summed E-state index contributed by atoms with van der Waals surface area (Å²) >= 11 is 0. The van der Waals surface area contributed by atoms with Crippen molar-refractivity contribution < 1.29 is 15.0 Å². The van der Waals surface area contributed by atoms with Gasteiger partial charge in [-0.25, -0.2) is 9.90 Å². The van der Waals surface area contributed by atoms with Crippen LogP contribution in [-0.4, -0.2) is 11.1 Å². The molecule has 0 saturated carbocycles. The van der Waals surface area contributed by atoms with Crippen molar-refractivity contribution in [3.63, 3.8) is 0 Å². The Morgan fingerprint density at radius 3 is 2.58 bits per heavy atom. The molecule has 61 valence electrons. The number of rotatable bonds is 2. The van der Waals surface area contributed by atoms with Gasteiger partial charge < -0.3 is 5.11 Å². The highest BCUT2D eigenvalue weighted by Gasteiger charge is 1.95. The average Bonchev–Trinajstić information content (AvgIpc) is 2.03. The molecule has 0 aliphatic carbocycles. The molecule has 1 rings (SSSR count). The minimum atomic E-state index is -1.28. The molecule has 0 fully saturated rings. The molecule has 0 atom stereocenters. The number of benzene rings is 1. The van der Waals surface area contributed by atoms with Crippen molar-refractivity contribution in [1.82, 2.24) is 0 Å². The second-order valence-electron chi connectivity index (χ2n) is 2.21. The SMILES string of the molecule is [O]C(=O)/C=C/c1ccccc1O. The molecule has 0 amide bonds. The first-order valence-electron chi connectivity index (χ1n) is 3.37. The lowest BCUT2D eigenvalue weighted by atomic mass is 10.2. The van der Waals surface area contributed by atoms with Gasteiger partial charge in [0.15, 0.2) is 0 Å². The lowest BCUT2D eigenvalue weighted by molar-refractivity contribution is -0.137. The van der Waals surface area contributed by atoms with E-state index in [0.29, 0.717) is 5.56 Å². The molecule has 3 nitrogen and oxygen atoms in total. The summed E-state index contributed by atoms with van der Waals surface area (Å²) in [6.07, 6.45) is 2.15. The highest BCUT2D eigenvalue weighted by Crippen LogP contribution is 2.16. The molecule has 0 aliphatic rings. The maximum atomic E-state index is 10.0. The van der Waals surface area contributed by atoms with Gasteiger partial charge in [0.1, 0.15) is 5.75 Å². The van der Waals surface area contributed by atoms with Crippen LogP contribution in [0.2, 0.25) is 0 Å². The third-order valence-corrected chi connectivity index (χ3v) is 1.34. The summed E-state index contributed by atoms with van der Waals surface area (Å²) in [6.45, 7) is 0. The zero-order chi connectivity index (χ0) is 8.97. The van der Waals surface area contributed by atoms with Crippen LogP contribution in [0.15, 0.2) is 30.3 Å². The van der Waals surface area contributed by atoms with Gasteiger partial charge in [-0.15, -0.1) is 0 Å². The maximum absolute atomic E-state index is 10.0. The molecular formula is C9H7O3. The summed E-state index contributed by atoms with van der Waals surface area (Å²) in [5.74, 6) is -1.23. The Kier molecular flexibility index (Phi) is 2.48. The summed E-state index contributed by atoms with van der Waals surface area (Å²) in [5.41, 5.74) is 0.460. The van der Waals surface area contributed by atoms with Crippen LogP contribution < -0.4 is 0 Å². The van der Waals surface area contributed by atoms with E-state index in [1.807, 2.05) is 0 Å². The second kappa shape index (κ2) is 3.57. The Hall–Kier alpha value is -1.77. The molecule has 0 aromatic heterocycles. The Morgan fingerprint density at radius 2 is 2.00 bits per heavy atom. The van der Waals surface area contributed by atoms with Crippen LogP contribution in [0.1, 0.15) is 5.56 Å². The number of carbonyl (C=O) groups is 1. The highest BCUT2D eigenvalue weighted by molar-refractivity contribution is 5.85. The van der Waals surface area contributed by atoms with Crippen LogP contribution in [0.4, 0.5) is 0 Å². The Bertz CT molecular complexity index is 315. The molecule has 0 bridgehead atoms. The van der Waals surface area contributed by atoms with E-state index in [2.05, 4.69) is 0 Å². The second-order valence-corrected chi connectivity index (χ2v) is 2.21. The summed E-state index contributed by atoms with van der Waals surface area (Å²) in [6, 6.07) is 6.45. The standard InChI is InChI=1S/C9H7O3/c10-8-4-2-1-3-7(8)5-6-9(11)12/h1-6,10H/b6-5+. The van der Waals surface area contributed by atoms with Crippen molar-refractivity contribution in [2.75, 3.05) is 0 Å². The number of phenolic OH excluding ortho intramolecular Hbond substituents is 1. The van der Waals surface area contributed by atoms with Crippen LogP contribution >= 0.6 is 0 Å². The molecule has 1 radical (unpaired) electrons. The fraction of sp³-hybridized carbons (Fsp3) is 0. The third-order valence-electron chi connectivity index (χ3n) is 1.34. The van der Waals surface area contributed by atoms with E-state index in [1.165, 1.54) is 12.1 Å². The van der Waals surface area contributed by atoms with Crippen molar-refractivity contribution in [2.24, 2.45) is 0 Å². The van der Waals surface area contributed by atoms with Crippen molar-refractivity contribution in [2.45, 2.75) is 0 Å². The summed E-state index contributed by atoms with van der Waals surface area (Å²) < 4.78 is 0. The van der Waals surface area contributed by atoms with Crippen molar-refractivity contribution in [3.8, 4) is 5.75 Å². The molecule has 0 spiro atoms. The number of hydrogen-bond acceptors (Lipinski definition) is 2. The van der Waals surface area contributed by atoms with Gasteiger partial charge in [0.05, 0.1) is 0 Å². The van der Waals surface area contributed by atoms with Gasteiger partial charge in [0, 0.05) is 11.6 Å². The number of para-hydroxylation sites is 1. The largest absolute Gasteiger partial charge is 0.507 e. The van der Waals surface area contributed by atoms with E-state index in [0.717, 1.165) is 6.08 Å². The molecule has 1 N–H and O–H groups in total. The number of carbonyl (C=O) groups excluding carboxylic acids is 1. The van der Waals surface area contributed by atoms with Gasteiger partial charge in [-0.2, -0.15) is 0 Å². The van der Waals surface area contributed by atoms with E-state index in [4.69, 9.17) is 5.11 Å². The molecule has 0 unspecified atom stereocenters. The van der Waals surface area contributed by atoms with Gasteiger partial charge in [0.2, 0.25) is 0 Å². The Morgan fingerprint density at radius 1 is 1.33 bits per heavy atom. The van der Waals surface area contributed by atoms with Gasteiger partial charge in [-0.3, -0.25) is 0 Å². The number of aromatic hydroxyl groups is 1. The monoisotopic (exact) mass is 163 g/mol. The van der Waals surface area contributed by atoms with Crippen LogP contribution in [0.5, 0.6) is 5.75 Å². The van der Waals surface area contributed by atoms with Crippen LogP contribution in [0, 0.1) is 0 Å². The lowest BCUT2D eigenvalue weighted by Crippen LogP contribution is -1.83. The van der Waals surface area contributed by atoms with Crippen LogP contribution in [-0.2, 0) is 9.90 Å². The quantitative estimate of drug-likeness (QED) is 0.669. The smallest absolute Gasteiger partial charge is 0.379 e. The van der Waals surface area contributed by atoms with Gasteiger partial charge in [-0.1, -0.05) is 18.2 Å². The zero-order valence-electron chi connectivity index (χ0n) is 6.23. The first-order chi connectivity index (χ1) is 5.70. The molecule has 1 aromatic carbocycles. The fourth-order valence-corrected chi connectivity index (χ4v) is 0.786. The fourth-order valence-electron chi connectivity index (χ4n) is 0.786. The van der Waals surface area contributed by atoms with Crippen LogP contribution in [0.25, 0.3) is 6.08 Å². The van der Waals surface area contributed by atoms with E-state index in [9.17, 15) is 9.90 Å². The summed E-state index contributed by atoms with van der Waals surface area (Å²) in [5, 5.41) is 19.2. The molecule has 1 aromatic rings. The molecule has 0 aliphatic heterocycles. The van der Waals surface area contributed by atoms with Crippen LogP contribution in [0.3, 0.4) is 0 Å². The minimum absolute atomic E-state index is 0.0509. The minimum Gasteiger partial charge on any atom is -0.507 e. The molecule has 12 heavy (non-hydrogen) atoms. The van der Waals surface area contributed by atoms with E-state index in [1.54, 1.807) is 18.2 Å². The molecule has 0 saturated heterocycles. The predicted octanol–water partition coefficient (Wildman–Crippen LogP) is 1.36. The Labute approximate surface area is 69.6 Å². The lowest BCUT2D eigenvalue weighted by Gasteiger charge is -1.94. The van der Waals surface area contributed by atoms with E-state index < -0.39 is 5.97 Å². The van der Waals surface area contributed by atoms with Crippen molar-refractivity contribution in [1.29, 1.82) is 0 Å². The number of phenols is 1. The topological polar surface area (TPSA) is 57.2 Å². The highest BCUT2D eigenvalue weighted by atomic mass is 16.4.